The quantitative estimate of drug-likeness (QED) is 0.597. The highest BCUT2D eigenvalue weighted by Crippen LogP contribution is 2.12. The molecule has 0 saturated carbocycles. The van der Waals surface area contributed by atoms with Crippen LogP contribution in [-0.4, -0.2) is 28.3 Å². The molecule has 0 N–H and O–H groups in total. The molecule has 0 bridgehead atoms. The van der Waals surface area contributed by atoms with Crippen molar-refractivity contribution in [3.63, 3.8) is 0 Å². The van der Waals surface area contributed by atoms with E-state index in [4.69, 9.17) is 0 Å². The summed E-state index contributed by atoms with van der Waals surface area (Å²) in [5.41, 5.74) is 1.75. The third-order valence-electron chi connectivity index (χ3n) is 2.65. The van der Waals surface area contributed by atoms with Gasteiger partial charge in [0.2, 0.25) is 0 Å². The fourth-order valence-electron chi connectivity index (χ4n) is 1.63. The zero-order chi connectivity index (χ0) is 13.7. The molecule has 0 unspecified atom stereocenters. The van der Waals surface area contributed by atoms with Crippen LogP contribution < -0.4 is 4.57 Å². The normalized spacial score (nSPS) is 10.2. The fourth-order valence-corrected chi connectivity index (χ4v) is 1.63. The van der Waals surface area contributed by atoms with Gasteiger partial charge in [-0.3, -0.25) is 4.79 Å². The molecule has 6 nitrogen and oxygen atoms in total. The molecule has 0 atom stereocenters. The molecule has 2 rings (SSSR count). The van der Waals surface area contributed by atoms with Crippen LogP contribution in [0.1, 0.15) is 12.2 Å². The number of hydrogen-bond acceptors (Lipinski definition) is 5. The van der Waals surface area contributed by atoms with Gasteiger partial charge < -0.3 is 4.74 Å². The number of methoxy groups -OCH3 is 1. The molecular formula is C13H15N4O2+. The number of hydrogen-bond donors (Lipinski definition) is 0. The molecule has 0 saturated heterocycles. The zero-order valence-corrected chi connectivity index (χ0v) is 10.9. The topological polar surface area (TPSA) is 68.8 Å². The third-order valence-corrected chi connectivity index (χ3v) is 2.65. The number of pyridine rings is 1. The van der Waals surface area contributed by atoms with Gasteiger partial charge in [-0.2, -0.15) is 5.10 Å². The Balaban J connectivity index is 2.08. The maximum Gasteiger partial charge on any atom is 0.311 e. The summed E-state index contributed by atoms with van der Waals surface area (Å²) in [6.45, 7) is 2.39. The lowest BCUT2D eigenvalue weighted by molar-refractivity contribution is -0.695. The van der Waals surface area contributed by atoms with Crippen molar-refractivity contribution >= 4 is 5.97 Å². The van der Waals surface area contributed by atoms with E-state index in [9.17, 15) is 4.79 Å². The molecule has 0 spiro atoms. The van der Waals surface area contributed by atoms with E-state index >= 15 is 0 Å². The van der Waals surface area contributed by atoms with Crippen LogP contribution in [0.3, 0.4) is 0 Å². The SMILES string of the molecule is COC(=O)CC[n+]1ccc(-c2cnnc(C)n2)cc1. The first-order valence-corrected chi connectivity index (χ1v) is 5.91. The number of rotatable bonds is 4. The Morgan fingerprint density at radius 2 is 2.11 bits per heavy atom. The van der Waals surface area contributed by atoms with Gasteiger partial charge in [0.05, 0.1) is 19.0 Å². The van der Waals surface area contributed by atoms with Gasteiger partial charge in [0.1, 0.15) is 12.2 Å². The van der Waals surface area contributed by atoms with Crippen LogP contribution in [0.25, 0.3) is 11.3 Å². The summed E-state index contributed by atoms with van der Waals surface area (Å²) in [6.07, 6.45) is 5.78. The van der Waals surface area contributed by atoms with Gasteiger partial charge in [0.25, 0.3) is 0 Å². The molecular weight excluding hydrogens is 244 g/mol. The molecule has 6 heteroatoms. The molecule has 0 aromatic carbocycles. The summed E-state index contributed by atoms with van der Waals surface area (Å²) in [5, 5.41) is 7.70. The monoisotopic (exact) mass is 259 g/mol. The van der Waals surface area contributed by atoms with Crippen LogP contribution in [0.5, 0.6) is 0 Å². The van der Waals surface area contributed by atoms with Crippen LogP contribution >= 0.6 is 0 Å². The van der Waals surface area contributed by atoms with E-state index < -0.39 is 0 Å². The summed E-state index contributed by atoms with van der Waals surface area (Å²) in [6, 6.07) is 3.86. The van der Waals surface area contributed by atoms with Crippen LogP contribution in [0.15, 0.2) is 30.7 Å². The smallest absolute Gasteiger partial charge is 0.311 e. The van der Waals surface area contributed by atoms with E-state index in [1.165, 1.54) is 7.11 Å². The van der Waals surface area contributed by atoms with Gasteiger partial charge >= 0.3 is 5.97 Å². The highest BCUT2D eigenvalue weighted by molar-refractivity contribution is 5.68. The van der Waals surface area contributed by atoms with Crippen LogP contribution in [0.4, 0.5) is 0 Å². The van der Waals surface area contributed by atoms with Crippen LogP contribution in [-0.2, 0) is 16.1 Å². The number of nitrogens with zero attached hydrogens (tertiary/aromatic N) is 4. The van der Waals surface area contributed by atoms with Crippen molar-refractivity contribution in [1.82, 2.24) is 15.2 Å². The highest BCUT2D eigenvalue weighted by Gasteiger charge is 2.08. The largest absolute Gasteiger partial charge is 0.469 e. The Hall–Kier alpha value is -2.37. The van der Waals surface area contributed by atoms with E-state index in [0.29, 0.717) is 18.8 Å². The Morgan fingerprint density at radius 3 is 2.74 bits per heavy atom. The Labute approximate surface area is 111 Å². The minimum absolute atomic E-state index is 0.216. The van der Waals surface area contributed by atoms with Crippen molar-refractivity contribution in [2.75, 3.05) is 7.11 Å². The number of carbonyl (C=O) groups is 1. The summed E-state index contributed by atoms with van der Waals surface area (Å²) in [7, 11) is 1.39. The predicted octanol–water partition coefficient (Wildman–Crippen LogP) is 0.698. The second kappa shape index (κ2) is 5.99. The van der Waals surface area contributed by atoms with Crippen molar-refractivity contribution in [3.8, 4) is 11.3 Å². The van der Waals surface area contributed by atoms with E-state index in [1.54, 1.807) is 13.1 Å². The maximum atomic E-state index is 11.1. The molecule has 19 heavy (non-hydrogen) atoms. The number of aryl methyl sites for hydroxylation is 2. The molecule has 0 fully saturated rings. The van der Waals surface area contributed by atoms with E-state index in [1.807, 2.05) is 29.1 Å². The second-order valence-electron chi connectivity index (χ2n) is 4.04. The highest BCUT2D eigenvalue weighted by atomic mass is 16.5. The molecule has 0 radical (unpaired) electrons. The molecule has 2 aromatic heterocycles. The minimum Gasteiger partial charge on any atom is -0.469 e. The molecule has 2 aromatic rings. The van der Waals surface area contributed by atoms with Gasteiger partial charge in [0.15, 0.2) is 18.9 Å². The Morgan fingerprint density at radius 1 is 1.37 bits per heavy atom. The summed E-state index contributed by atoms with van der Waals surface area (Å²) in [4.78, 5) is 15.4. The van der Waals surface area contributed by atoms with Crippen LogP contribution in [0.2, 0.25) is 0 Å². The zero-order valence-electron chi connectivity index (χ0n) is 10.9. The van der Waals surface area contributed by atoms with E-state index in [0.717, 1.165) is 11.3 Å². The molecule has 2 heterocycles. The molecule has 0 aliphatic carbocycles. The lowest BCUT2D eigenvalue weighted by atomic mass is 10.2. The average molecular weight is 259 g/mol. The number of carbonyl (C=O) groups excluding carboxylic acids is 1. The van der Waals surface area contributed by atoms with Gasteiger partial charge in [-0.1, -0.05) is 0 Å². The number of aromatic nitrogens is 4. The van der Waals surface area contributed by atoms with Gasteiger partial charge in [-0.25, -0.2) is 9.55 Å². The molecule has 98 valence electrons. The van der Waals surface area contributed by atoms with Gasteiger partial charge in [0, 0.05) is 17.7 Å². The first-order chi connectivity index (χ1) is 9.19. The van der Waals surface area contributed by atoms with Gasteiger partial charge in [-0.05, 0) is 6.92 Å². The van der Waals surface area contributed by atoms with Crippen molar-refractivity contribution in [1.29, 1.82) is 0 Å². The van der Waals surface area contributed by atoms with Crippen molar-refractivity contribution in [2.45, 2.75) is 19.9 Å². The summed E-state index contributed by atoms with van der Waals surface area (Å²) in [5.74, 6) is 0.423. The van der Waals surface area contributed by atoms with E-state index in [-0.39, 0.29) is 5.97 Å². The third kappa shape index (κ3) is 3.54. The van der Waals surface area contributed by atoms with Crippen LogP contribution in [0, 0.1) is 6.92 Å². The Kier molecular flexibility index (Phi) is 4.12. The molecule has 0 amide bonds. The standard InChI is InChI=1S/C13H15N4O2/c1-10-15-12(9-14-16-10)11-3-6-17(7-4-11)8-5-13(18)19-2/h3-4,6-7,9H,5,8H2,1-2H3/q+1. The predicted molar refractivity (Wildman–Crippen MR) is 66.8 cm³/mol. The lowest BCUT2D eigenvalue weighted by Gasteiger charge is -2.00. The Bertz CT molecular complexity index is 569. The summed E-state index contributed by atoms with van der Waals surface area (Å²) < 4.78 is 6.52. The van der Waals surface area contributed by atoms with E-state index in [2.05, 4.69) is 19.9 Å². The fraction of sp³-hybridized carbons (Fsp3) is 0.308. The average Bonchev–Trinajstić information content (AvgIpc) is 2.45. The molecule has 0 aliphatic heterocycles. The first kappa shape index (κ1) is 13.1. The van der Waals surface area contributed by atoms with Crippen molar-refractivity contribution in [3.05, 3.63) is 36.5 Å². The first-order valence-electron chi connectivity index (χ1n) is 5.91. The maximum absolute atomic E-state index is 11.1. The second-order valence-corrected chi connectivity index (χ2v) is 4.04. The van der Waals surface area contributed by atoms with Gasteiger partial charge in [-0.15, -0.1) is 5.10 Å². The number of ether oxygens (including phenoxy) is 1. The number of esters is 1. The van der Waals surface area contributed by atoms with Crippen molar-refractivity contribution in [2.24, 2.45) is 0 Å². The minimum atomic E-state index is -0.216. The summed E-state index contributed by atoms with van der Waals surface area (Å²) >= 11 is 0. The van der Waals surface area contributed by atoms with Crippen molar-refractivity contribution < 1.29 is 14.1 Å². The molecule has 0 aliphatic rings. The lowest BCUT2D eigenvalue weighted by Crippen LogP contribution is -2.33.